The van der Waals surface area contributed by atoms with Gasteiger partial charge in [0.1, 0.15) is 10.6 Å². The first-order chi connectivity index (χ1) is 5.84. The monoisotopic (exact) mass is 204 g/mol. The highest BCUT2D eigenvalue weighted by atomic mass is 32.2. The van der Waals surface area contributed by atoms with Crippen LogP contribution in [-0.2, 0) is 9.84 Å². The van der Waals surface area contributed by atoms with Crippen molar-refractivity contribution in [2.24, 2.45) is 0 Å². The molecule has 1 aromatic rings. The number of H-pyrrole nitrogens is 1. The van der Waals surface area contributed by atoms with Crippen LogP contribution in [0.1, 0.15) is 10.5 Å². The molecular weight excluding hydrogens is 196 g/mol. The van der Waals surface area contributed by atoms with E-state index in [1.807, 2.05) is 0 Å². The van der Waals surface area contributed by atoms with Gasteiger partial charge in [0.2, 0.25) is 0 Å². The lowest BCUT2D eigenvalue weighted by molar-refractivity contribution is 0.0687. The number of sulfone groups is 1. The lowest BCUT2D eigenvalue weighted by Crippen LogP contribution is -2.07. The zero-order valence-electron chi connectivity index (χ0n) is 6.73. The first-order valence-corrected chi connectivity index (χ1v) is 5.13. The van der Waals surface area contributed by atoms with Crippen molar-refractivity contribution in [2.45, 2.75) is 4.90 Å². The Morgan fingerprint density at radius 1 is 1.62 bits per heavy atom. The van der Waals surface area contributed by atoms with Crippen molar-refractivity contribution in [3.8, 4) is 0 Å². The SMILES string of the molecule is CS(=O)(=O)c1c(N)c[nH]c1C(=O)O. The lowest BCUT2D eigenvalue weighted by Gasteiger charge is -1.97. The molecule has 0 atom stereocenters. The summed E-state index contributed by atoms with van der Waals surface area (Å²) in [6, 6.07) is 0. The van der Waals surface area contributed by atoms with Crippen LogP contribution in [0.15, 0.2) is 11.1 Å². The minimum absolute atomic E-state index is 0.0834. The highest BCUT2D eigenvalue weighted by Crippen LogP contribution is 2.21. The van der Waals surface area contributed by atoms with E-state index in [1.54, 1.807) is 0 Å². The number of hydrogen-bond donors (Lipinski definition) is 3. The predicted molar refractivity (Wildman–Crippen MR) is 45.3 cm³/mol. The number of aromatic nitrogens is 1. The maximum atomic E-state index is 11.1. The summed E-state index contributed by atoms with van der Waals surface area (Å²) in [5, 5.41) is 8.59. The molecular formula is C6H8N2O4S. The zero-order chi connectivity index (χ0) is 10.2. The number of rotatable bonds is 2. The first-order valence-electron chi connectivity index (χ1n) is 3.24. The van der Waals surface area contributed by atoms with Crippen molar-refractivity contribution in [3.05, 3.63) is 11.9 Å². The van der Waals surface area contributed by atoms with Gasteiger partial charge in [-0.2, -0.15) is 0 Å². The van der Waals surface area contributed by atoms with Crippen LogP contribution in [0.2, 0.25) is 0 Å². The second kappa shape index (κ2) is 2.77. The summed E-state index contributed by atoms with van der Waals surface area (Å²) in [6.45, 7) is 0. The average molecular weight is 204 g/mol. The molecule has 0 fully saturated rings. The highest BCUT2D eigenvalue weighted by Gasteiger charge is 2.23. The van der Waals surface area contributed by atoms with Crippen molar-refractivity contribution >= 4 is 21.5 Å². The molecule has 0 saturated carbocycles. The highest BCUT2D eigenvalue weighted by molar-refractivity contribution is 7.91. The number of carbonyl (C=O) groups is 1. The molecule has 0 radical (unpaired) electrons. The summed E-state index contributed by atoms with van der Waals surface area (Å²) >= 11 is 0. The van der Waals surface area contributed by atoms with Crippen molar-refractivity contribution in [1.29, 1.82) is 0 Å². The third kappa shape index (κ3) is 1.64. The summed E-state index contributed by atoms with van der Waals surface area (Å²) in [5.74, 6) is -1.35. The van der Waals surface area contributed by atoms with E-state index in [9.17, 15) is 13.2 Å². The number of aromatic carboxylic acids is 1. The Morgan fingerprint density at radius 3 is 2.46 bits per heavy atom. The Kier molecular flexibility index (Phi) is 2.04. The van der Waals surface area contributed by atoms with Gasteiger partial charge in [-0.1, -0.05) is 0 Å². The van der Waals surface area contributed by atoms with Crippen LogP contribution < -0.4 is 5.73 Å². The minimum atomic E-state index is -3.60. The van der Waals surface area contributed by atoms with Crippen molar-refractivity contribution in [3.63, 3.8) is 0 Å². The molecule has 0 bridgehead atoms. The number of anilines is 1. The molecule has 1 rings (SSSR count). The third-order valence-corrected chi connectivity index (χ3v) is 2.63. The normalized spacial score (nSPS) is 11.5. The second-order valence-corrected chi connectivity index (χ2v) is 4.48. The smallest absolute Gasteiger partial charge is 0.353 e. The molecule has 72 valence electrons. The third-order valence-electron chi connectivity index (χ3n) is 1.45. The van der Waals surface area contributed by atoms with Gasteiger partial charge in [-0.3, -0.25) is 0 Å². The summed E-state index contributed by atoms with van der Waals surface area (Å²) < 4.78 is 22.2. The summed E-state index contributed by atoms with van der Waals surface area (Å²) in [6.07, 6.45) is 2.04. The van der Waals surface area contributed by atoms with E-state index in [2.05, 4.69) is 4.98 Å². The Bertz CT molecular complexity index is 445. The van der Waals surface area contributed by atoms with Gasteiger partial charge in [0.15, 0.2) is 9.84 Å². The largest absolute Gasteiger partial charge is 0.477 e. The molecule has 13 heavy (non-hydrogen) atoms. The van der Waals surface area contributed by atoms with Gasteiger partial charge < -0.3 is 15.8 Å². The van der Waals surface area contributed by atoms with E-state index in [0.717, 1.165) is 12.5 Å². The minimum Gasteiger partial charge on any atom is -0.477 e. The quantitative estimate of drug-likeness (QED) is 0.612. The van der Waals surface area contributed by atoms with E-state index < -0.39 is 21.5 Å². The molecule has 1 aromatic heterocycles. The molecule has 0 spiro atoms. The summed E-state index contributed by atoms with van der Waals surface area (Å²) in [5.41, 5.74) is 4.81. The van der Waals surface area contributed by atoms with Crippen LogP contribution >= 0.6 is 0 Å². The molecule has 6 nitrogen and oxygen atoms in total. The molecule has 0 amide bonds. The number of nitrogens with one attached hydrogen (secondary N) is 1. The predicted octanol–water partition coefficient (Wildman–Crippen LogP) is -0.301. The Balaban J connectivity index is 3.51. The topological polar surface area (TPSA) is 113 Å². The first kappa shape index (κ1) is 9.59. The van der Waals surface area contributed by atoms with E-state index in [4.69, 9.17) is 10.8 Å². The van der Waals surface area contributed by atoms with Crippen LogP contribution in [-0.4, -0.2) is 30.7 Å². The van der Waals surface area contributed by atoms with E-state index >= 15 is 0 Å². The van der Waals surface area contributed by atoms with Gasteiger partial charge in [0.25, 0.3) is 0 Å². The number of carboxylic acids is 1. The summed E-state index contributed by atoms with van der Waals surface area (Å²) in [4.78, 5) is 12.4. The number of nitrogens with two attached hydrogens (primary N) is 1. The number of aromatic amines is 1. The second-order valence-electron chi connectivity index (χ2n) is 2.53. The Labute approximate surface area is 74.3 Å². The lowest BCUT2D eigenvalue weighted by atomic mass is 10.4. The van der Waals surface area contributed by atoms with Crippen LogP contribution in [0.5, 0.6) is 0 Å². The Morgan fingerprint density at radius 2 is 2.15 bits per heavy atom. The molecule has 0 aromatic carbocycles. The van der Waals surface area contributed by atoms with Crippen LogP contribution in [0.25, 0.3) is 0 Å². The van der Waals surface area contributed by atoms with Crippen LogP contribution in [0.3, 0.4) is 0 Å². The number of nitrogen functional groups attached to an aromatic ring is 1. The fourth-order valence-corrected chi connectivity index (χ4v) is 1.99. The molecule has 0 aliphatic heterocycles. The fourth-order valence-electron chi connectivity index (χ4n) is 0.984. The molecule has 0 saturated heterocycles. The molecule has 0 unspecified atom stereocenters. The van der Waals surface area contributed by atoms with Crippen LogP contribution in [0.4, 0.5) is 5.69 Å². The van der Waals surface area contributed by atoms with Crippen molar-refractivity contribution in [2.75, 3.05) is 12.0 Å². The summed E-state index contributed by atoms with van der Waals surface area (Å²) in [7, 11) is -3.60. The van der Waals surface area contributed by atoms with Gasteiger partial charge in [0, 0.05) is 12.5 Å². The maximum absolute atomic E-state index is 11.1. The number of carboxylic acid groups (broad SMARTS) is 1. The zero-order valence-corrected chi connectivity index (χ0v) is 7.55. The van der Waals surface area contributed by atoms with Gasteiger partial charge in [0.05, 0.1) is 5.69 Å². The number of hydrogen-bond acceptors (Lipinski definition) is 4. The van der Waals surface area contributed by atoms with Crippen LogP contribution in [0, 0.1) is 0 Å². The standard InChI is InChI=1S/C6H8N2O4S/c1-13(11,12)5-3(7)2-8-4(5)6(9)10/h2,8H,7H2,1H3,(H,9,10). The average Bonchev–Trinajstić information content (AvgIpc) is 2.28. The molecule has 4 N–H and O–H groups in total. The van der Waals surface area contributed by atoms with Gasteiger partial charge in [-0.05, 0) is 0 Å². The van der Waals surface area contributed by atoms with Gasteiger partial charge in [-0.25, -0.2) is 13.2 Å². The van der Waals surface area contributed by atoms with E-state index in [0.29, 0.717) is 0 Å². The molecule has 0 aliphatic rings. The van der Waals surface area contributed by atoms with E-state index in [-0.39, 0.29) is 10.6 Å². The Hall–Kier alpha value is -1.50. The fraction of sp³-hybridized carbons (Fsp3) is 0.167. The molecule has 7 heteroatoms. The van der Waals surface area contributed by atoms with E-state index in [1.165, 1.54) is 0 Å². The van der Waals surface area contributed by atoms with Gasteiger partial charge in [-0.15, -0.1) is 0 Å². The van der Waals surface area contributed by atoms with Crippen molar-refractivity contribution in [1.82, 2.24) is 4.98 Å². The molecule has 1 heterocycles. The van der Waals surface area contributed by atoms with Gasteiger partial charge >= 0.3 is 5.97 Å². The maximum Gasteiger partial charge on any atom is 0.353 e. The van der Waals surface area contributed by atoms with Crippen molar-refractivity contribution < 1.29 is 18.3 Å². The molecule has 0 aliphatic carbocycles.